The molecule has 3 unspecified atom stereocenters. The first-order valence-electron chi connectivity index (χ1n) is 6.55. The number of fused-ring (bicyclic) bond motifs is 3. The maximum atomic E-state index is 5.76. The minimum atomic E-state index is -0.631. The maximum absolute atomic E-state index is 5.76. The summed E-state index contributed by atoms with van der Waals surface area (Å²) in [4.78, 5) is 2.34. The summed E-state index contributed by atoms with van der Waals surface area (Å²) in [6, 6.07) is 0. The van der Waals surface area contributed by atoms with Crippen LogP contribution >= 0.6 is 0 Å². The van der Waals surface area contributed by atoms with Crippen LogP contribution in [0.4, 0.5) is 0 Å². The molecule has 0 aromatic rings. The molecule has 0 spiro atoms. The first kappa shape index (κ1) is 12.2. The van der Waals surface area contributed by atoms with Crippen molar-refractivity contribution in [3.63, 3.8) is 0 Å². The standard InChI is InChI=1S/C14H22N2O2/c1-13-8-9-15-12(13)16(2)10-6-5-7-14(17-3,18-4)11(10)13/h5-7,11-12,15H,8-9H2,1-4H3. The molecule has 0 saturated carbocycles. The lowest BCUT2D eigenvalue weighted by molar-refractivity contribution is -0.214. The zero-order valence-corrected chi connectivity index (χ0v) is 11.6. The van der Waals surface area contributed by atoms with Gasteiger partial charge in [0.25, 0.3) is 0 Å². The fourth-order valence-electron chi connectivity index (χ4n) is 4.13. The number of nitrogens with zero attached hydrogens (tertiary/aromatic N) is 1. The summed E-state index contributed by atoms with van der Waals surface area (Å²) in [5, 5.41) is 3.60. The van der Waals surface area contributed by atoms with E-state index in [-0.39, 0.29) is 11.3 Å². The molecule has 2 fully saturated rings. The Morgan fingerprint density at radius 1 is 1.39 bits per heavy atom. The van der Waals surface area contributed by atoms with Gasteiger partial charge in [-0.2, -0.15) is 0 Å². The van der Waals surface area contributed by atoms with E-state index in [9.17, 15) is 0 Å². The summed E-state index contributed by atoms with van der Waals surface area (Å²) in [6.45, 7) is 3.40. The molecule has 0 aromatic heterocycles. The molecule has 2 heterocycles. The topological polar surface area (TPSA) is 33.7 Å². The van der Waals surface area contributed by atoms with Gasteiger partial charge in [0.2, 0.25) is 0 Å². The molecule has 1 N–H and O–H groups in total. The molecule has 0 bridgehead atoms. The Bertz CT molecular complexity index is 414. The van der Waals surface area contributed by atoms with Gasteiger partial charge in [0.1, 0.15) is 0 Å². The Morgan fingerprint density at radius 2 is 2.11 bits per heavy atom. The summed E-state index contributed by atoms with van der Waals surface area (Å²) >= 11 is 0. The summed E-state index contributed by atoms with van der Waals surface area (Å²) in [7, 11) is 5.62. The predicted octanol–water partition coefficient (Wildman–Crippen LogP) is 1.32. The lowest BCUT2D eigenvalue weighted by Crippen LogP contribution is -2.49. The van der Waals surface area contributed by atoms with E-state index in [0.29, 0.717) is 6.17 Å². The van der Waals surface area contributed by atoms with Gasteiger partial charge in [-0.3, -0.25) is 5.32 Å². The molecular weight excluding hydrogens is 228 g/mol. The van der Waals surface area contributed by atoms with Crippen molar-refractivity contribution in [1.82, 2.24) is 10.2 Å². The first-order valence-corrected chi connectivity index (χ1v) is 6.55. The monoisotopic (exact) mass is 250 g/mol. The molecular formula is C14H22N2O2. The molecule has 0 radical (unpaired) electrons. The highest BCUT2D eigenvalue weighted by Gasteiger charge is 2.62. The average molecular weight is 250 g/mol. The smallest absolute Gasteiger partial charge is 0.196 e. The van der Waals surface area contributed by atoms with E-state index in [1.807, 2.05) is 12.2 Å². The zero-order valence-electron chi connectivity index (χ0n) is 11.6. The number of methoxy groups -OCH3 is 2. The van der Waals surface area contributed by atoms with Crippen LogP contribution in [0, 0.1) is 11.3 Å². The highest BCUT2D eigenvalue weighted by molar-refractivity contribution is 5.34. The van der Waals surface area contributed by atoms with Crippen LogP contribution in [-0.2, 0) is 9.47 Å². The summed E-state index contributed by atoms with van der Waals surface area (Å²) < 4.78 is 11.5. The largest absolute Gasteiger partial charge is 0.361 e. The van der Waals surface area contributed by atoms with E-state index in [2.05, 4.69) is 30.3 Å². The minimum absolute atomic E-state index is 0.150. The van der Waals surface area contributed by atoms with Crippen molar-refractivity contribution in [1.29, 1.82) is 0 Å². The normalized spacial score (nSPS) is 40.7. The van der Waals surface area contributed by atoms with Crippen LogP contribution in [0.3, 0.4) is 0 Å². The highest BCUT2D eigenvalue weighted by atomic mass is 16.7. The van der Waals surface area contributed by atoms with E-state index in [4.69, 9.17) is 9.47 Å². The van der Waals surface area contributed by atoms with Crippen molar-refractivity contribution in [2.24, 2.45) is 11.3 Å². The van der Waals surface area contributed by atoms with Gasteiger partial charge in [0, 0.05) is 32.4 Å². The fourth-order valence-corrected chi connectivity index (χ4v) is 4.13. The van der Waals surface area contributed by atoms with Crippen LogP contribution in [0.15, 0.2) is 23.9 Å². The van der Waals surface area contributed by atoms with Crippen LogP contribution in [-0.4, -0.2) is 44.7 Å². The van der Waals surface area contributed by atoms with Gasteiger partial charge >= 0.3 is 0 Å². The van der Waals surface area contributed by atoms with E-state index >= 15 is 0 Å². The second kappa shape index (κ2) is 3.83. The maximum Gasteiger partial charge on any atom is 0.196 e. The summed E-state index contributed by atoms with van der Waals surface area (Å²) in [5.41, 5.74) is 1.46. The fraction of sp³-hybridized carbons (Fsp3) is 0.714. The third-order valence-corrected chi connectivity index (χ3v) is 5.01. The number of likely N-dealkylation sites (tertiary alicyclic amines) is 1. The summed E-state index contributed by atoms with van der Waals surface area (Å²) in [5.74, 6) is -0.386. The van der Waals surface area contributed by atoms with Gasteiger partial charge < -0.3 is 14.4 Å². The average Bonchev–Trinajstić information content (AvgIpc) is 2.87. The first-order chi connectivity index (χ1) is 8.59. The lowest BCUT2D eigenvalue weighted by Gasteiger charge is -2.42. The van der Waals surface area contributed by atoms with Crippen molar-refractivity contribution >= 4 is 0 Å². The van der Waals surface area contributed by atoms with E-state index in [0.717, 1.165) is 13.0 Å². The van der Waals surface area contributed by atoms with Gasteiger partial charge in [-0.25, -0.2) is 0 Å². The Kier molecular flexibility index (Phi) is 2.59. The Balaban J connectivity index is 2.11. The number of nitrogens with one attached hydrogen (secondary N) is 1. The molecule has 2 saturated heterocycles. The number of ether oxygens (including phenoxy) is 2. The number of allylic oxidation sites excluding steroid dienone is 2. The lowest BCUT2D eigenvalue weighted by atomic mass is 9.70. The van der Waals surface area contributed by atoms with Crippen LogP contribution in [0.1, 0.15) is 13.3 Å². The molecule has 3 aliphatic rings. The van der Waals surface area contributed by atoms with Crippen molar-refractivity contribution in [3.05, 3.63) is 23.9 Å². The van der Waals surface area contributed by atoms with Crippen LogP contribution < -0.4 is 5.32 Å². The van der Waals surface area contributed by atoms with Crippen molar-refractivity contribution in [2.75, 3.05) is 27.8 Å². The van der Waals surface area contributed by atoms with Crippen molar-refractivity contribution in [2.45, 2.75) is 25.3 Å². The molecule has 4 heteroatoms. The quantitative estimate of drug-likeness (QED) is 0.749. The van der Waals surface area contributed by atoms with Crippen LogP contribution in [0.25, 0.3) is 0 Å². The van der Waals surface area contributed by atoms with Crippen molar-refractivity contribution in [3.8, 4) is 0 Å². The van der Waals surface area contributed by atoms with E-state index < -0.39 is 5.79 Å². The van der Waals surface area contributed by atoms with Gasteiger partial charge in [0.15, 0.2) is 5.79 Å². The molecule has 0 amide bonds. The Hall–Kier alpha value is -0.840. The molecule has 1 aliphatic carbocycles. The number of hydrogen-bond acceptors (Lipinski definition) is 4. The van der Waals surface area contributed by atoms with Gasteiger partial charge in [-0.05, 0) is 25.1 Å². The predicted molar refractivity (Wildman–Crippen MR) is 69.7 cm³/mol. The molecule has 4 nitrogen and oxygen atoms in total. The molecule has 18 heavy (non-hydrogen) atoms. The summed E-state index contributed by atoms with van der Waals surface area (Å²) in [6.07, 6.45) is 7.79. The van der Waals surface area contributed by atoms with Gasteiger partial charge in [-0.1, -0.05) is 13.0 Å². The van der Waals surface area contributed by atoms with Crippen LogP contribution in [0.2, 0.25) is 0 Å². The van der Waals surface area contributed by atoms with Gasteiger partial charge in [0.05, 0.1) is 12.1 Å². The molecule has 3 atom stereocenters. The third-order valence-electron chi connectivity index (χ3n) is 5.01. The van der Waals surface area contributed by atoms with Crippen molar-refractivity contribution < 1.29 is 9.47 Å². The molecule has 3 rings (SSSR count). The minimum Gasteiger partial charge on any atom is -0.361 e. The van der Waals surface area contributed by atoms with Crippen LogP contribution in [0.5, 0.6) is 0 Å². The number of rotatable bonds is 2. The molecule has 0 aromatic carbocycles. The highest BCUT2D eigenvalue weighted by Crippen LogP contribution is 2.57. The zero-order chi connectivity index (χ0) is 13.0. The molecule has 2 aliphatic heterocycles. The second-order valence-corrected chi connectivity index (χ2v) is 5.74. The van der Waals surface area contributed by atoms with E-state index in [1.165, 1.54) is 5.70 Å². The second-order valence-electron chi connectivity index (χ2n) is 5.74. The molecule has 100 valence electrons. The number of hydrogen-bond donors (Lipinski definition) is 1. The third kappa shape index (κ3) is 1.26. The Morgan fingerprint density at radius 3 is 2.78 bits per heavy atom. The SMILES string of the molecule is COC1(OC)C=CC=C2C1C1(C)CCNC1N2C. The van der Waals surface area contributed by atoms with Gasteiger partial charge in [-0.15, -0.1) is 0 Å². The Labute approximate surface area is 109 Å². The van der Waals surface area contributed by atoms with E-state index in [1.54, 1.807) is 14.2 Å².